The molecule has 0 spiro atoms. The second-order valence-electron chi connectivity index (χ2n) is 9.51. The summed E-state index contributed by atoms with van der Waals surface area (Å²) in [6, 6.07) is 11.0. The van der Waals surface area contributed by atoms with Crippen LogP contribution in [0, 0.1) is 11.6 Å². The third kappa shape index (κ3) is 6.90. The number of urea groups is 1. The van der Waals surface area contributed by atoms with Gasteiger partial charge < -0.3 is 15.0 Å². The Labute approximate surface area is 215 Å². The van der Waals surface area contributed by atoms with Gasteiger partial charge >= 0.3 is 6.03 Å². The summed E-state index contributed by atoms with van der Waals surface area (Å²) in [4.78, 5) is 30.2. The van der Waals surface area contributed by atoms with E-state index in [4.69, 9.17) is 4.74 Å². The molecular weight excluding hydrogens is 480 g/mol. The van der Waals surface area contributed by atoms with E-state index in [-0.39, 0.29) is 30.9 Å². The predicted octanol–water partition coefficient (Wildman–Crippen LogP) is 3.39. The molecular formula is C27H33F2N5O3. The second-order valence-corrected chi connectivity index (χ2v) is 9.51. The number of carbonyl (C=O) groups is 2. The van der Waals surface area contributed by atoms with Crippen molar-refractivity contribution < 1.29 is 23.1 Å². The molecule has 8 nitrogen and oxygen atoms in total. The minimum Gasteiger partial charge on any atom is -0.379 e. The molecule has 2 aliphatic heterocycles. The summed E-state index contributed by atoms with van der Waals surface area (Å²) in [7, 11) is 0. The molecule has 1 N–H and O–H groups in total. The van der Waals surface area contributed by atoms with Crippen LogP contribution in [-0.2, 0) is 9.53 Å². The predicted molar refractivity (Wildman–Crippen MR) is 136 cm³/mol. The lowest BCUT2D eigenvalue weighted by atomic mass is 9.98. The molecule has 1 fully saturated rings. The Balaban J connectivity index is 1.56. The highest BCUT2D eigenvalue weighted by molar-refractivity contribution is 6.03. The highest BCUT2D eigenvalue weighted by atomic mass is 19.1. The number of hydrogen-bond acceptors (Lipinski definition) is 5. The molecule has 1 unspecified atom stereocenters. The van der Waals surface area contributed by atoms with Crippen LogP contribution in [0.4, 0.5) is 13.6 Å². The number of rotatable bonds is 8. The Morgan fingerprint density at radius 2 is 1.81 bits per heavy atom. The lowest BCUT2D eigenvalue weighted by Crippen LogP contribution is -2.50. The van der Waals surface area contributed by atoms with Crippen LogP contribution < -0.4 is 5.32 Å². The number of benzene rings is 2. The van der Waals surface area contributed by atoms with Crippen LogP contribution in [-0.4, -0.2) is 84.4 Å². The van der Waals surface area contributed by atoms with Crippen LogP contribution in [0.1, 0.15) is 37.4 Å². The van der Waals surface area contributed by atoms with Gasteiger partial charge in [-0.1, -0.05) is 30.3 Å². The lowest BCUT2D eigenvalue weighted by molar-refractivity contribution is -0.133. The Kier molecular flexibility index (Phi) is 8.83. The first kappa shape index (κ1) is 26.7. The van der Waals surface area contributed by atoms with E-state index >= 15 is 0 Å². The number of hydrogen-bond donors (Lipinski definition) is 1. The van der Waals surface area contributed by atoms with Crippen molar-refractivity contribution in [2.75, 3.05) is 45.9 Å². The largest absolute Gasteiger partial charge is 0.379 e. The van der Waals surface area contributed by atoms with E-state index in [1.165, 1.54) is 28.1 Å². The first-order valence-corrected chi connectivity index (χ1v) is 12.6. The Hall–Kier alpha value is -3.37. The summed E-state index contributed by atoms with van der Waals surface area (Å²) < 4.78 is 33.7. The summed E-state index contributed by atoms with van der Waals surface area (Å²) >= 11 is 0. The molecule has 0 bridgehead atoms. The molecule has 2 aromatic rings. The van der Waals surface area contributed by atoms with Crippen LogP contribution >= 0.6 is 0 Å². The number of halogens is 2. The standard InChI is InChI=1S/C27H33F2N5O3/c1-19(2)30-27(36)33(12-11-32-13-15-37-16-14-32)18-26(35)34-25(22-5-3-4-6-23(22)29)17-24(31-34)20-7-9-21(28)10-8-20/h3-10,19,25H,11-18H2,1-2H3,(H,30,36). The number of ether oxygens (including phenoxy) is 1. The van der Waals surface area contributed by atoms with Gasteiger partial charge in [-0.25, -0.2) is 18.6 Å². The van der Waals surface area contributed by atoms with Gasteiger partial charge in [0.05, 0.1) is 25.0 Å². The number of nitrogens with one attached hydrogen (secondary N) is 1. The maximum atomic E-state index is 14.8. The smallest absolute Gasteiger partial charge is 0.318 e. The van der Waals surface area contributed by atoms with E-state index in [9.17, 15) is 18.4 Å². The summed E-state index contributed by atoms with van der Waals surface area (Å²) in [5.41, 5.74) is 1.54. The van der Waals surface area contributed by atoms with Gasteiger partial charge in [-0.3, -0.25) is 9.69 Å². The first-order chi connectivity index (χ1) is 17.8. The minimum absolute atomic E-state index is 0.102. The van der Waals surface area contributed by atoms with Gasteiger partial charge in [-0.05, 0) is 37.6 Å². The average Bonchev–Trinajstić information content (AvgIpc) is 3.32. The number of hydrazone groups is 1. The molecule has 2 aromatic carbocycles. The first-order valence-electron chi connectivity index (χ1n) is 12.6. The van der Waals surface area contributed by atoms with Crippen molar-refractivity contribution in [3.63, 3.8) is 0 Å². The Morgan fingerprint density at radius 3 is 2.49 bits per heavy atom. The van der Waals surface area contributed by atoms with Gasteiger partial charge in [0.15, 0.2) is 0 Å². The number of nitrogens with zero attached hydrogens (tertiary/aromatic N) is 4. The van der Waals surface area contributed by atoms with Gasteiger partial charge in [0.1, 0.15) is 18.2 Å². The number of carbonyl (C=O) groups excluding carboxylic acids is 2. The summed E-state index contributed by atoms with van der Waals surface area (Å²) in [5, 5.41) is 8.66. The van der Waals surface area contributed by atoms with Crippen LogP contribution in [0.25, 0.3) is 0 Å². The van der Waals surface area contributed by atoms with Crippen LogP contribution in [0.15, 0.2) is 53.6 Å². The molecule has 1 atom stereocenters. The molecule has 0 radical (unpaired) electrons. The highest BCUT2D eigenvalue weighted by Gasteiger charge is 2.36. The zero-order chi connectivity index (χ0) is 26.4. The SMILES string of the molecule is CC(C)NC(=O)N(CCN1CCOCC1)CC(=O)N1N=C(c2ccc(F)cc2)CC1c1ccccc1F. The van der Waals surface area contributed by atoms with E-state index in [0.717, 1.165) is 13.1 Å². The Morgan fingerprint density at radius 1 is 1.11 bits per heavy atom. The fourth-order valence-electron chi connectivity index (χ4n) is 4.46. The third-order valence-electron chi connectivity index (χ3n) is 6.42. The molecule has 2 aliphatic rings. The molecule has 37 heavy (non-hydrogen) atoms. The van der Waals surface area contributed by atoms with Crippen LogP contribution in [0.3, 0.4) is 0 Å². The van der Waals surface area contributed by atoms with Crippen molar-refractivity contribution >= 4 is 17.6 Å². The maximum Gasteiger partial charge on any atom is 0.318 e. The number of amides is 3. The average molecular weight is 514 g/mol. The molecule has 198 valence electrons. The molecule has 0 aromatic heterocycles. The topological polar surface area (TPSA) is 77.5 Å². The van der Waals surface area contributed by atoms with Gasteiger partial charge in [0, 0.05) is 44.2 Å². The maximum absolute atomic E-state index is 14.8. The molecule has 1 saturated heterocycles. The van der Waals surface area contributed by atoms with E-state index < -0.39 is 17.8 Å². The summed E-state index contributed by atoms with van der Waals surface area (Å²) in [5.74, 6) is -1.25. The van der Waals surface area contributed by atoms with Gasteiger partial charge in [0.25, 0.3) is 5.91 Å². The van der Waals surface area contributed by atoms with Crippen LogP contribution in [0.5, 0.6) is 0 Å². The fourth-order valence-corrected chi connectivity index (χ4v) is 4.46. The lowest BCUT2D eigenvalue weighted by Gasteiger charge is -2.31. The molecule has 4 rings (SSSR count). The normalized spacial score (nSPS) is 18.1. The molecule has 10 heteroatoms. The summed E-state index contributed by atoms with van der Waals surface area (Å²) in [6.07, 6.45) is 0.268. The Bertz CT molecular complexity index is 1120. The van der Waals surface area contributed by atoms with Crippen molar-refractivity contribution in [1.82, 2.24) is 20.1 Å². The third-order valence-corrected chi connectivity index (χ3v) is 6.42. The highest BCUT2D eigenvalue weighted by Crippen LogP contribution is 2.34. The molecule has 3 amide bonds. The quantitative estimate of drug-likeness (QED) is 0.587. The molecule has 2 heterocycles. The van der Waals surface area contributed by atoms with Gasteiger partial charge in [-0.2, -0.15) is 5.10 Å². The van der Waals surface area contributed by atoms with E-state index in [1.807, 2.05) is 13.8 Å². The zero-order valence-electron chi connectivity index (χ0n) is 21.2. The van der Waals surface area contributed by atoms with E-state index in [1.54, 1.807) is 30.3 Å². The second kappa shape index (κ2) is 12.2. The molecule has 0 aliphatic carbocycles. The van der Waals surface area contributed by atoms with E-state index in [0.29, 0.717) is 43.1 Å². The van der Waals surface area contributed by atoms with Gasteiger partial charge in [-0.15, -0.1) is 0 Å². The van der Waals surface area contributed by atoms with Crippen molar-refractivity contribution in [2.24, 2.45) is 5.10 Å². The van der Waals surface area contributed by atoms with Crippen LogP contribution in [0.2, 0.25) is 0 Å². The van der Waals surface area contributed by atoms with Crippen molar-refractivity contribution in [1.29, 1.82) is 0 Å². The van der Waals surface area contributed by atoms with Crippen molar-refractivity contribution in [2.45, 2.75) is 32.4 Å². The monoisotopic (exact) mass is 513 g/mol. The molecule has 0 saturated carbocycles. The van der Waals surface area contributed by atoms with Crippen molar-refractivity contribution in [3.8, 4) is 0 Å². The fraction of sp³-hybridized carbons (Fsp3) is 0.444. The van der Waals surface area contributed by atoms with Crippen molar-refractivity contribution in [3.05, 3.63) is 71.3 Å². The summed E-state index contributed by atoms with van der Waals surface area (Å²) in [6.45, 7) is 7.24. The minimum atomic E-state index is -0.678. The van der Waals surface area contributed by atoms with E-state index in [2.05, 4.69) is 15.3 Å². The van der Waals surface area contributed by atoms with Gasteiger partial charge in [0.2, 0.25) is 0 Å². The number of morpholine rings is 1. The zero-order valence-corrected chi connectivity index (χ0v) is 21.2.